The van der Waals surface area contributed by atoms with Crippen LogP contribution in [0.4, 0.5) is 0 Å². The molecule has 11 heavy (non-hydrogen) atoms. The first kappa shape index (κ1) is 6.85. The first-order valence-corrected chi connectivity index (χ1v) is 4.05. The smallest absolute Gasteiger partial charge is 0.208 e. The van der Waals surface area contributed by atoms with Crippen LogP contribution in [0.15, 0.2) is 10.6 Å². The Kier molecular flexibility index (Phi) is 1.66. The van der Waals surface area contributed by atoms with Crippen LogP contribution < -0.4 is 5.73 Å². The molecule has 1 saturated carbocycles. The van der Waals surface area contributed by atoms with Crippen molar-refractivity contribution in [3.8, 4) is 0 Å². The molecule has 0 saturated heterocycles. The minimum Gasteiger partial charge on any atom is -0.444 e. The summed E-state index contributed by atoms with van der Waals surface area (Å²) in [5, 5.41) is 0. The van der Waals surface area contributed by atoms with Gasteiger partial charge in [0.1, 0.15) is 5.76 Å². The Hall–Kier alpha value is -0.830. The van der Waals surface area contributed by atoms with Gasteiger partial charge in [-0.25, -0.2) is 4.98 Å². The van der Waals surface area contributed by atoms with Gasteiger partial charge in [0.05, 0.1) is 12.7 Å². The van der Waals surface area contributed by atoms with Crippen LogP contribution in [0.2, 0.25) is 0 Å². The molecule has 0 aromatic carbocycles. The number of hydrogen-bond donors (Lipinski definition) is 1. The van der Waals surface area contributed by atoms with Gasteiger partial charge in [-0.1, -0.05) is 6.42 Å². The predicted octanol–water partition coefficient (Wildman–Crippen LogP) is 1.40. The molecule has 1 heterocycles. The van der Waals surface area contributed by atoms with Crippen molar-refractivity contribution in [3.63, 3.8) is 0 Å². The zero-order valence-corrected chi connectivity index (χ0v) is 6.42. The van der Waals surface area contributed by atoms with E-state index in [0.29, 0.717) is 18.4 Å². The number of oxazole rings is 1. The monoisotopic (exact) mass is 152 g/mol. The lowest BCUT2D eigenvalue weighted by Crippen LogP contribution is -2.07. The maximum absolute atomic E-state index is 5.40. The fourth-order valence-corrected chi connectivity index (χ4v) is 1.30. The average Bonchev–Trinajstić information content (AvgIpc) is 2.32. The Morgan fingerprint density at radius 3 is 2.91 bits per heavy atom. The minimum atomic E-state index is 0.409. The van der Waals surface area contributed by atoms with Crippen molar-refractivity contribution < 1.29 is 4.42 Å². The highest BCUT2D eigenvalue weighted by Crippen LogP contribution is 2.36. The van der Waals surface area contributed by atoms with Crippen molar-refractivity contribution in [2.45, 2.75) is 31.7 Å². The number of nitrogens with zero attached hydrogens (tertiary/aromatic N) is 1. The molecular weight excluding hydrogens is 140 g/mol. The highest BCUT2D eigenvalue weighted by atomic mass is 16.4. The fourth-order valence-electron chi connectivity index (χ4n) is 1.30. The van der Waals surface area contributed by atoms with Gasteiger partial charge in [0.15, 0.2) is 0 Å². The van der Waals surface area contributed by atoms with E-state index in [1.807, 2.05) is 6.20 Å². The summed E-state index contributed by atoms with van der Waals surface area (Å²) in [6, 6.07) is 0. The van der Waals surface area contributed by atoms with E-state index in [1.54, 1.807) is 0 Å². The molecule has 0 spiro atoms. The van der Waals surface area contributed by atoms with Gasteiger partial charge in [-0.15, -0.1) is 0 Å². The first-order chi connectivity index (χ1) is 5.40. The van der Waals surface area contributed by atoms with Crippen LogP contribution in [-0.4, -0.2) is 4.98 Å². The maximum Gasteiger partial charge on any atom is 0.208 e. The van der Waals surface area contributed by atoms with E-state index in [4.69, 9.17) is 10.2 Å². The molecule has 0 radical (unpaired) electrons. The van der Waals surface area contributed by atoms with Crippen molar-refractivity contribution in [1.82, 2.24) is 4.98 Å². The van der Waals surface area contributed by atoms with E-state index in [9.17, 15) is 0 Å². The van der Waals surface area contributed by atoms with E-state index in [1.165, 1.54) is 19.3 Å². The normalized spacial score (nSPS) is 18.3. The van der Waals surface area contributed by atoms with Crippen LogP contribution >= 0.6 is 0 Å². The Morgan fingerprint density at radius 1 is 1.64 bits per heavy atom. The Bertz CT molecular complexity index is 240. The third kappa shape index (κ3) is 1.16. The lowest BCUT2D eigenvalue weighted by atomic mass is 9.84. The van der Waals surface area contributed by atoms with Crippen LogP contribution in [0.1, 0.15) is 36.8 Å². The Morgan fingerprint density at radius 2 is 2.45 bits per heavy atom. The van der Waals surface area contributed by atoms with E-state index < -0.39 is 0 Å². The number of hydrogen-bond acceptors (Lipinski definition) is 3. The fraction of sp³-hybridized carbons (Fsp3) is 0.625. The summed E-state index contributed by atoms with van der Waals surface area (Å²) in [6.07, 6.45) is 5.63. The second-order valence-electron chi connectivity index (χ2n) is 2.99. The molecule has 2 N–H and O–H groups in total. The summed E-state index contributed by atoms with van der Waals surface area (Å²) in [4.78, 5) is 4.05. The number of nitrogens with two attached hydrogens (primary N) is 1. The number of aromatic nitrogens is 1. The maximum atomic E-state index is 5.40. The highest BCUT2D eigenvalue weighted by Gasteiger charge is 2.22. The standard InChI is InChI=1S/C8H12N2O/c9-4-8-10-5-7(11-8)6-2-1-3-6/h5-6H,1-4,9H2. The number of rotatable bonds is 2. The molecule has 1 aromatic rings. The summed E-state index contributed by atoms with van der Waals surface area (Å²) >= 11 is 0. The Labute approximate surface area is 65.6 Å². The second-order valence-corrected chi connectivity index (χ2v) is 2.99. The molecule has 1 aliphatic rings. The molecule has 0 unspecified atom stereocenters. The van der Waals surface area contributed by atoms with Gasteiger partial charge in [-0.3, -0.25) is 0 Å². The third-order valence-electron chi connectivity index (χ3n) is 2.25. The summed E-state index contributed by atoms with van der Waals surface area (Å²) < 4.78 is 5.40. The lowest BCUT2D eigenvalue weighted by molar-refractivity contribution is 0.334. The lowest BCUT2D eigenvalue weighted by Gasteiger charge is -2.22. The largest absolute Gasteiger partial charge is 0.444 e. The van der Waals surface area contributed by atoms with E-state index in [2.05, 4.69) is 4.98 Å². The molecule has 2 rings (SSSR count). The predicted molar refractivity (Wildman–Crippen MR) is 41.0 cm³/mol. The molecule has 0 amide bonds. The van der Waals surface area contributed by atoms with Crippen molar-refractivity contribution in [2.75, 3.05) is 0 Å². The third-order valence-corrected chi connectivity index (χ3v) is 2.25. The summed E-state index contributed by atoms with van der Waals surface area (Å²) in [7, 11) is 0. The van der Waals surface area contributed by atoms with Crippen LogP contribution in [0, 0.1) is 0 Å². The molecule has 3 heteroatoms. The topological polar surface area (TPSA) is 52.0 Å². The SMILES string of the molecule is NCc1ncc(C2CCC2)o1. The van der Waals surface area contributed by atoms with Gasteiger partial charge < -0.3 is 10.2 Å². The van der Waals surface area contributed by atoms with Gasteiger partial charge in [0, 0.05) is 5.92 Å². The Balaban J connectivity index is 2.11. The summed E-state index contributed by atoms with van der Waals surface area (Å²) in [6.45, 7) is 0.409. The van der Waals surface area contributed by atoms with E-state index in [-0.39, 0.29) is 0 Å². The van der Waals surface area contributed by atoms with Crippen molar-refractivity contribution in [1.29, 1.82) is 0 Å². The summed E-state index contributed by atoms with van der Waals surface area (Å²) in [5.74, 6) is 2.31. The molecule has 0 atom stereocenters. The van der Waals surface area contributed by atoms with Crippen molar-refractivity contribution in [2.24, 2.45) is 5.73 Å². The van der Waals surface area contributed by atoms with Gasteiger partial charge in [-0.05, 0) is 12.8 Å². The summed E-state index contributed by atoms with van der Waals surface area (Å²) in [5.41, 5.74) is 5.37. The molecular formula is C8H12N2O. The van der Waals surface area contributed by atoms with Gasteiger partial charge >= 0.3 is 0 Å². The molecule has 0 bridgehead atoms. The molecule has 0 aliphatic heterocycles. The van der Waals surface area contributed by atoms with Crippen molar-refractivity contribution in [3.05, 3.63) is 17.8 Å². The minimum absolute atomic E-state index is 0.409. The van der Waals surface area contributed by atoms with E-state index >= 15 is 0 Å². The van der Waals surface area contributed by atoms with Crippen molar-refractivity contribution >= 4 is 0 Å². The van der Waals surface area contributed by atoms with Crippen LogP contribution in [-0.2, 0) is 6.54 Å². The second kappa shape index (κ2) is 2.66. The molecule has 3 nitrogen and oxygen atoms in total. The quantitative estimate of drug-likeness (QED) is 0.696. The van der Waals surface area contributed by atoms with E-state index in [0.717, 1.165) is 5.76 Å². The first-order valence-electron chi connectivity index (χ1n) is 4.05. The highest BCUT2D eigenvalue weighted by molar-refractivity contribution is 5.04. The van der Waals surface area contributed by atoms with Crippen LogP contribution in [0.5, 0.6) is 0 Å². The average molecular weight is 152 g/mol. The zero-order valence-electron chi connectivity index (χ0n) is 6.42. The molecule has 60 valence electrons. The van der Waals surface area contributed by atoms with Crippen LogP contribution in [0.25, 0.3) is 0 Å². The molecule has 1 aliphatic carbocycles. The molecule has 1 aromatic heterocycles. The zero-order chi connectivity index (χ0) is 7.68. The van der Waals surface area contributed by atoms with Gasteiger partial charge in [-0.2, -0.15) is 0 Å². The van der Waals surface area contributed by atoms with Gasteiger partial charge in [0.25, 0.3) is 0 Å². The molecule has 1 fully saturated rings. The van der Waals surface area contributed by atoms with Crippen LogP contribution in [0.3, 0.4) is 0 Å². The van der Waals surface area contributed by atoms with Gasteiger partial charge in [0.2, 0.25) is 5.89 Å².